The molecule has 0 spiro atoms. The summed E-state index contributed by atoms with van der Waals surface area (Å²) >= 11 is 4.70. The van der Waals surface area contributed by atoms with Gasteiger partial charge in [0, 0.05) is 10.8 Å². The lowest BCUT2D eigenvalue weighted by molar-refractivity contribution is 0.111. The van der Waals surface area contributed by atoms with Gasteiger partial charge in [0.1, 0.15) is 11.4 Å². The summed E-state index contributed by atoms with van der Waals surface area (Å²) in [7, 11) is 0. The van der Waals surface area contributed by atoms with Crippen molar-refractivity contribution in [2.45, 2.75) is 49.4 Å². The summed E-state index contributed by atoms with van der Waals surface area (Å²) in [5, 5.41) is 21.6. The van der Waals surface area contributed by atoms with Crippen LogP contribution in [0.25, 0.3) is 0 Å². The Labute approximate surface area is 143 Å². The van der Waals surface area contributed by atoms with E-state index in [0.717, 1.165) is 36.8 Å². The zero-order valence-corrected chi connectivity index (χ0v) is 14.2. The molecule has 0 heterocycles. The first-order valence-electron chi connectivity index (χ1n) is 8.37. The molecule has 0 bridgehead atoms. The van der Waals surface area contributed by atoms with E-state index in [2.05, 4.69) is 0 Å². The minimum absolute atomic E-state index is 0.0871. The Hall–Kier alpha value is -1.45. The van der Waals surface area contributed by atoms with Gasteiger partial charge in [0.05, 0.1) is 0 Å². The van der Waals surface area contributed by atoms with Crippen LogP contribution in [0.15, 0.2) is 65.5 Å². The normalized spacial score (nSPS) is 26.1. The number of hydrogen-bond donors (Lipinski definition) is 3. The third-order valence-corrected chi connectivity index (χ3v) is 5.30. The lowest BCUT2D eigenvalue weighted by Crippen LogP contribution is -2.34. The predicted molar refractivity (Wildman–Crippen MR) is 97.7 cm³/mol. The molecule has 2 nitrogen and oxygen atoms in total. The molecule has 0 amide bonds. The van der Waals surface area contributed by atoms with Crippen LogP contribution in [0.5, 0.6) is 0 Å². The van der Waals surface area contributed by atoms with Gasteiger partial charge < -0.3 is 10.2 Å². The molecule has 2 unspecified atom stereocenters. The molecule has 122 valence electrons. The van der Waals surface area contributed by atoms with Gasteiger partial charge in [-0.1, -0.05) is 48.4 Å². The van der Waals surface area contributed by atoms with Crippen LogP contribution in [-0.4, -0.2) is 15.8 Å². The van der Waals surface area contributed by atoms with Crippen molar-refractivity contribution >= 4 is 12.6 Å². The monoisotopic (exact) mass is 328 g/mol. The molecule has 0 aliphatic heterocycles. The van der Waals surface area contributed by atoms with E-state index in [4.69, 9.17) is 12.6 Å². The summed E-state index contributed by atoms with van der Waals surface area (Å²) in [6.45, 7) is 0. The smallest absolute Gasteiger partial charge is 0.121 e. The lowest BCUT2D eigenvalue weighted by atomic mass is 9.77. The average molecular weight is 328 g/mol. The van der Waals surface area contributed by atoms with Gasteiger partial charge in [0.2, 0.25) is 0 Å². The van der Waals surface area contributed by atoms with Gasteiger partial charge in [0.25, 0.3) is 0 Å². The van der Waals surface area contributed by atoms with Crippen molar-refractivity contribution in [1.82, 2.24) is 0 Å². The van der Waals surface area contributed by atoms with Crippen LogP contribution in [-0.2, 0) is 0 Å². The third-order valence-electron chi connectivity index (χ3n) is 4.81. The fraction of sp³-hybridized carbons (Fsp3) is 0.400. The molecule has 2 aliphatic carbocycles. The molecule has 2 atom stereocenters. The number of aliphatic hydroxyl groups is 2. The Bertz CT molecular complexity index is 637. The quantitative estimate of drug-likeness (QED) is 0.679. The number of rotatable bonds is 3. The molecule has 23 heavy (non-hydrogen) atoms. The van der Waals surface area contributed by atoms with E-state index in [1.54, 1.807) is 18.2 Å². The predicted octanol–water partition coefficient (Wildman–Crippen LogP) is 5.05. The minimum Gasteiger partial charge on any atom is -0.508 e. The Balaban J connectivity index is 1.91. The van der Waals surface area contributed by atoms with E-state index in [1.165, 1.54) is 12.0 Å². The number of aliphatic hydroxyl groups excluding tert-OH is 1. The van der Waals surface area contributed by atoms with Crippen LogP contribution in [0.3, 0.4) is 0 Å². The molecule has 1 saturated carbocycles. The molecule has 3 rings (SSSR count). The van der Waals surface area contributed by atoms with Crippen LogP contribution in [0.2, 0.25) is 0 Å². The number of hydrogen-bond acceptors (Lipinski definition) is 3. The van der Waals surface area contributed by atoms with E-state index >= 15 is 0 Å². The van der Waals surface area contributed by atoms with Crippen molar-refractivity contribution in [2.75, 3.05) is 0 Å². The number of allylic oxidation sites excluding steroid dienone is 3. The van der Waals surface area contributed by atoms with E-state index in [-0.39, 0.29) is 11.0 Å². The summed E-state index contributed by atoms with van der Waals surface area (Å²) in [6, 6.07) is 9.99. The highest BCUT2D eigenvalue weighted by molar-refractivity contribution is 7.80. The maximum Gasteiger partial charge on any atom is 0.121 e. The third kappa shape index (κ3) is 3.56. The van der Waals surface area contributed by atoms with Crippen LogP contribution in [0, 0.1) is 0 Å². The molecule has 2 N–H and O–H groups in total. The van der Waals surface area contributed by atoms with Gasteiger partial charge in [0.15, 0.2) is 0 Å². The largest absolute Gasteiger partial charge is 0.508 e. The van der Waals surface area contributed by atoms with Gasteiger partial charge in [-0.05, 0) is 49.8 Å². The highest BCUT2D eigenvalue weighted by Crippen LogP contribution is 2.42. The summed E-state index contributed by atoms with van der Waals surface area (Å²) in [4.78, 5) is 0. The second-order valence-corrected chi connectivity index (χ2v) is 7.13. The molecule has 1 aromatic carbocycles. The average Bonchev–Trinajstić information content (AvgIpc) is 2.56. The van der Waals surface area contributed by atoms with Gasteiger partial charge in [-0.25, -0.2) is 0 Å². The van der Waals surface area contributed by atoms with Crippen molar-refractivity contribution in [3.05, 3.63) is 71.0 Å². The Morgan fingerprint density at radius 2 is 1.78 bits per heavy atom. The standard InChI is InChI=1S/C20H24O2S/c21-17-12-7-13-20(22,19(17)16-10-5-2-6-11-16)14-18(23)15-8-3-1-4-9-15/h1,3-4,7-9,12-13,18,21-23H,2,5-6,10-11,14H2. The SMILES string of the molecule is OC1=CC=CC(O)(CC(S)c2ccccc2)C1=C1CCCCC1. The van der Waals surface area contributed by atoms with Crippen molar-refractivity contribution in [3.8, 4) is 0 Å². The fourth-order valence-electron chi connectivity index (χ4n) is 3.66. The molecule has 2 aliphatic rings. The second kappa shape index (κ2) is 6.98. The molecule has 3 heteroatoms. The molecule has 1 fully saturated rings. The highest BCUT2D eigenvalue weighted by Gasteiger charge is 2.37. The molecule has 0 radical (unpaired) electrons. The topological polar surface area (TPSA) is 40.5 Å². The Morgan fingerprint density at radius 3 is 2.48 bits per heavy atom. The van der Waals surface area contributed by atoms with E-state index in [9.17, 15) is 10.2 Å². The van der Waals surface area contributed by atoms with Crippen LogP contribution < -0.4 is 0 Å². The van der Waals surface area contributed by atoms with Gasteiger partial charge >= 0.3 is 0 Å². The molecular weight excluding hydrogens is 304 g/mol. The van der Waals surface area contributed by atoms with E-state index < -0.39 is 5.60 Å². The van der Waals surface area contributed by atoms with E-state index in [0.29, 0.717) is 6.42 Å². The molecule has 1 aromatic rings. The first-order chi connectivity index (χ1) is 11.1. The van der Waals surface area contributed by atoms with Crippen molar-refractivity contribution in [3.63, 3.8) is 0 Å². The summed E-state index contributed by atoms with van der Waals surface area (Å²) in [5.41, 5.74) is 1.85. The maximum atomic E-state index is 11.3. The highest BCUT2D eigenvalue weighted by atomic mass is 32.1. The van der Waals surface area contributed by atoms with Crippen molar-refractivity contribution in [2.24, 2.45) is 0 Å². The van der Waals surface area contributed by atoms with Crippen molar-refractivity contribution < 1.29 is 10.2 Å². The van der Waals surface area contributed by atoms with Gasteiger partial charge in [-0.3, -0.25) is 0 Å². The van der Waals surface area contributed by atoms with Gasteiger partial charge in [-0.15, -0.1) is 0 Å². The minimum atomic E-state index is -1.15. The molecule has 0 aromatic heterocycles. The summed E-state index contributed by atoms with van der Waals surface area (Å²) in [6.07, 6.45) is 11.1. The number of thiol groups is 1. The summed E-state index contributed by atoms with van der Waals surface area (Å²) < 4.78 is 0. The zero-order valence-electron chi connectivity index (χ0n) is 13.3. The lowest BCUT2D eigenvalue weighted by Gasteiger charge is -2.35. The van der Waals surface area contributed by atoms with Crippen molar-refractivity contribution in [1.29, 1.82) is 0 Å². The van der Waals surface area contributed by atoms with Crippen LogP contribution in [0.4, 0.5) is 0 Å². The Kier molecular flexibility index (Phi) is 4.98. The maximum absolute atomic E-state index is 11.3. The first kappa shape index (κ1) is 16.4. The zero-order chi connectivity index (χ0) is 16.3. The first-order valence-corrected chi connectivity index (χ1v) is 8.88. The van der Waals surface area contributed by atoms with Crippen LogP contribution in [0.1, 0.15) is 49.3 Å². The summed E-state index contributed by atoms with van der Waals surface area (Å²) in [5.74, 6) is 0.209. The molecular formula is C20H24O2S. The molecule has 0 saturated heterocycles. The Morgan fingerprint density at radius 1 is 1.09 bits per heavy atom. The van der Waals surface area contributed by atoms with Crippen LogP contribution >= 0.6 is 12.6 Å². The number of benzene rings is 1. The van der Waals surface area contributed by atoms with E-state index in [1.807, 2.05) is 30.3 Å². The second-order valence-electron chi connectivity index (χ2n) is 6.51. The fourth-order valence-corrected chi connectivity index (χ4v) is 4.11. The van der Waals surface area contributed by atoms with Gasteiger partial charge in [-0.2, -0.15) is 12.6 Å².